The number of aliphatic hydroxyl groups excluding tert-OH is 1. The molecule has 1 aromatic carbocycles. The average Bonchev–Trinajstić information content (AvgIpc) is 3.02. The quantitative estimate of drug-likeness (QED) is 0.751. The summed E-state index contributed by atoms with van der Waals surface area (Å²) in [5.41, 5.74) is -0.462. The molecule has 16 heavy (non-hydrogen) atoms. The summed E-state index contributed by atoms with van der Waals surface area (Å²) < 4.78 is 0. The molecule has 0 bridgehead atoms. The predicted octanol–water partition coefficient (Wildman–Crippen LogP) is 1.52. The van der Waals surface area contributed by atoms with Crippen molar-refractivity contribution < 1.29 is 20.1 Å². The molecule has 1 aliphatic rings. The number of phenolic OH excluding ortho intramolecular Hbond substituents is 1. The van der Waals surface area contributed by atoms with Crippen LogP contribution in [0.15, 0.2) is 18.2 Å². The van der Waals surface area contributed by atoms with Gasteiger partial charge in [0.25, 0.3) is 0 Å². The van der Waals surface area contributed by atoms with E-state index in [1.54, 1.807) is 12.1 Å². The lowest BCUT2D eigenvalue weighted by Gasteiger charge is -2.20. The molecule has 1 atom stereocenters. The summed E-state index contributed by atoms with van der Waals surface area (Å²) in [4.78, 5) is 10.8. The van der Waals surface area contributed by atoms with Crippen molar-refractivity contribution in [1.29, 1.82) is 0 Å². The van der Waals surface area contributed by atoms with Crippen molar-refractivity contribution in [2.24, 2.45) is 0 Å². The van der Waals surface area contributed by atoms with Crippen LogP contribution in [0.5, 0.6) is 5.75 Å². The Morgan fingerprint density at radius 2 is 2.06 bits per heavy atom. The number of hydrogen-bond donors (Lipinski definition) is 3. The van der Waals surface area contributed by atoms with Crippen LogP contribution in [-0.4, -0.2) is 27.4 Å². The molecular formula is C11H11ClO4. The number of phenols is 1. The second kappa shape index (κ2) is 3.64. The third-order valence-corrected chi connectivity index (χ3v) is 3.37. The second-order valence-corrected chi connectivity index (χ2v) is 4.44. The lowest BCUT2D eigenvalue weighted by molar-refractivity contribution is -0.148. The molecule has 0 saturated heterocycles. The number of halogens is 1. The Hall–Kier alpha value is -1.26. The van der Waals surface area contributed by atoms with E-state index in [1.165, 1.54) is 6.07 Å². The van der Waals surface area contributed by atoms with E-state index < -0.39 is 17.5 Å². The highest BCUT2D eigenvalue weighted by atomic mass is 35.5. The van der Waals surface area contributed by atoms with Crippen molar-refractivity contribution in [3.8, 4) is 5.75 Å². The summed E-state index contributed by atoms with van der Waals surface area (Å²) >= 11 is 5.75. The van der Waals surface area contributed by atoms with Gasteiger partial charge in [0, 0.05) is 11.0 Å². The third kappa shape index (κ3) is 1.54. The Morgan fingerprint density at radius 3 is 2.56 bits per heavy atom. The molecule has 0 aliphatic heterocycles. The molecule has 86 valence electrons. The van der Waals surface area contributed by atoms with E-state index in [0.717, 1.165) is 0 Å². The monoisotopic (exact) mass is 242 g/mol. The summed E-state index contributed by atoms with van der Waals surface area (Å²) in [7, 11) is 0. The van der Waals surface area contributed by atoms with Crippen LogP contribution < -0.4 is 0 Å². The normalized spacial score (nSPS) is 19.1. The summed E-state index contributed by atoms with van der Waals surface area (Å²) in [6.07, 6.45) is -0.431. The van der Waals surface area contributed by atoms with Crippen molar-refractivity contribution >= 4 is 17.6 Å². The lowest BCUT2D eigenvalue weighted by Crippen LogP contribution is -2.33. The van der Waals surface area contributed by atoms with E-state index in [1.807, 2.05) is 0 Å². The highest BCUT2D eigenvalue weighted by Gasteiger charge is 2.54. The molecule has 0 aromatic heterocycles. The molecule has 0 heterocycles. The Bertz CT molecular complexity index is 440. The van der Waals surface area contributed by atoms with E-state index in [4.69, 9.17) is 16.7 Å². The van der Waals surface area contributed by atoms with Crippen molar-refractivity contribution in [2.45, 2.75) is 24.4 Å². The van der Waals surface area contributed by atoms with Crippen molar-refractivity contribution in [1.82, 2.24) is 0 Å². The van der Waals surface area contributed by atoms with Gasteiger partial charge in [0.15, 0.2) is 6.10 Å². The van der Waals surface area contributed by atoms with Crippen LogP contribution in [0.25, 0.3) is 0 Å². The van der Waals surface area contributed by atoms with Crippen molar-refractivity contribution in [3.63, 3.8) is 0 Å². The van der Waals surface area contributed by atoms with Crippen molar-refractivity contribution in [2.75, 3.05) is 0 Å². The van der Waals surface area contributed by atoms with E-state index in [2.05, 4.69) is 0 Å². The minimum Gasteiger partial charge on any atom is -0.506 e. The van der Waals surface area contributed by atoms with Crippen LogP contribution in [0, 0.1) is 0 Å². The Kier molecular flexibility index (Phi) is 2.56. The molecule has 0 amide bonds. The number of aliphatic hydroxyl groups is 1. The topological polar surface area (TPSA) is 77.8 Å². The maximum atomic E-state index is 10.8. The molecule has 3 N–H and O–H groups in total. The second-order valence-electron chi connectivity index (χ2n) is 4.03. The summed E-state index contributed by atoms with van der Waals surface area (Å²) in [6, 6.07) is 4.75. The number of benzene rings is 1. The van der Waals surface area contributed by atoms with Gasteiger partial charge in [-0.1, -0.05) is 23.7 Å². The lowest BCUT2D eigenvalue weighted by atomic mass is 9.89. The maximum Gasteiger partial charge on any atom is 0.333 e. The highest BCUT2D eigenvalue weighted by molar-refractivity contribution is 6.32. The molecule has 2 rings (SSSR count). The van der Waals surface area contributed by atoms with Crippen LogP contribution >= 0.6 is 11.6 Å². The molecule has 1 fully saturated rings. The molecule has 1 aliphatic carbocycles. The SMILES string of the molecule is O=C(O)C(O)C1(c2cccc(Cl)c2O)CC1. The number of para-hydroxylation sites is 1. The van der Waals surface area contributed by atoms with Gasteiger partial charge in [0.2, 0.25) is 0 Å². The standard InChI is InChI=1S/C11H11ClO4/c12-7-3-1-2-6(8(7)13)11(4-5-11)9(14)10(15)16/h1-3,9,13-14H,4-5H2,(H,15,16). The fourth-order valence-corrected chi connectivity index (χ4v) is 2.15. The first-order valence-electron chi connectivity index (χ1n) is 4.88. The smallest absolute Gasteiger partial charge is 0.333 e. The number of carboxylic acid groups (broad SMARTS) is 1. The van der Waals surface area contributed by atoms with E-state index in [-0.39, 0.29) is 10.8 Å². The minimum atomic E-state index is -1.50. The van der Waals surface area contributed by atoms with Crippen LogP contribution in [-0.2, 0) is 10.2 Å². The van der Waals surface area contributed by atoms with Gasteiger partial charge in [-0.25, -0.2) is 4.79 Å². The molecule has 5 heteroatoms. The summed E-state index contributed by atoms with van der Waals surface area (Å²) in [5, 5.41) is 28.4. The van der Waals surface area contributed by atoms with Gasteiger partial charge in [0.1, 0.15) is 5.75 Å². The molecule has 1 saturated carbocycles. The Morgan fingerprint density at radius 1 is 1.44 bits per heavy atom. The van der Waals surface area contributed by atoms with Crippen LogP contribution in [0.2, 0.25) is 5.02 Å². The number of carboxylic acids is 1. The average molecular weight is 243 g/mol. The zero-order valence-corrected chi connectivity index (χ0v) is 9.11. The highest BCUT2D eigenvalue weighted by Crippen LogP contribution is 2.54. The van der Waals surface area contributed by atoms with Crippen LogP contribution in [0.3, 0.4) is 0 Å². The van der Waals surface area contributed by atoms with Gasteiger partial charge in [-0.3, -0.25) is 0 Å². The third-order valence-electron chi connectivity index (χ3n) is 3.07. The first-order valence-corrected chi connectivity index (χ1v) is 5.25. The zero-order valence-electron chi connectivity index (χ0n) is 8.35. The summed E-state index contributed by atoms with van der Waals surface area (Å²) in [6.45, 7) is 0. The van der Waals surface area contributed by atoms with Crippen LogP contribution in [0.1, 0.15) is 18.4 Å². The van der Waals surface area contributed by atoms with Gasteiger partial charge >= 0.3 is 5.97 Å². The van der Waals surface area contributed by atoms with Gasteiger partial charge in [0.05, 0.1) is 5.02 Å². The van der Waals surface area contributed by atoms with Crippen molar-refractivity contribution in [3.05, 3.63) is 28.8 Å². The predicted molar refractivity (Wildman–Crippen MR) is 57.7 cm³/mol. The first kappa shape index (κ1) is 11.2. The number of aliphatic carboxylic acids is 1. The Labute approximate surface area is 97.1 Å². The van der Waals surface area contributed by atoms with E-state index in [9.17, 15) is 15.0 Å². The van der Waals surface area contributed by atoms with Crippen LogP contribution in [0.4, 0.5) is 0 Å². The number of rotatable bonds is 3. The fraction of sp³-hybridized carbons (Fsp3) is 0.364. The molecule has 4 nitrogen and oxygen atoms in total. The zero-order chi connectivity index (χ0) is 11.9. The summed E-state index contributed by atoms with van der Waals surface area (Å²) in [5.74, 6) is -1.42. The fourth-order valence-electron chi connectivity index (χ4n) is 1.98. The maximum absolute atomic E-state index is 10.8. The first-order chi connectivity index (χ1) is 7.49. The molecule has 0 radical (unpaired) electrons. The largest absolute Gasteiger partial charge is 0.506 e. The number of carbonyl (C=O) groups is 1. The van der Waals surface area contributed by atoms with Gasteiger partial charge in [-0.2, -0.15) is 0 Å². The molecular weight excluding hydrogens is 232 g/mol. The molecule has 1 aromatic rings. The Balaban J connectivity index is 2.45. The number of hydrogen-bond acceptors (Lipinski definition) is 3. The van der Waals surface area contributed by atoms with E-state index >= 15 is 0 Å². The van der Waals surface area contributed by atoms with Gasteiger partial charge < -0.3 is 15.3 Å². The van der Waals surface area contributed by atoms with Gasteiger partial charge in [-0.05, 0) is 18.9 Å². The molecule has 1 unspecified atom stereocenters. The number of aromatic hydroxyl groups is 1. The molecule has 0 spiro atoms. The van der Waals surface area contributed by atoms with E-state index in [0.29, 0.717) is 18.4 Å². The van der Waals surface area contributed by atoms with Gasteiger partial charge in [-0.15, -0.1) is 0 Å². The minimum absolute atomic E-state index is 0.137.